The molecule has 3 nitrogen and oxygen atoms in total. The number of hydrogen-bond donors (Lipinski definition) is 1. The van der Waals surface area contributed by atoms with E-state index in [4.69, 9.17) is 5.73 Å². The number of nitrogens with two attached hydrogens (primary N) is 1. The number of aryl methyl sites for hydroxylation is 2. The molecular weight excluding hydrogens is 345 g/mol. The monoisotopic (exact) mass is 361 g/mol. The van der Waals surface area contributed by atoms with Crippen LogP contribution in [0.3, 0.4) is 0 Å². The van der Waals surface area contributed by atoms with E-state index in [1.165, 1.54) is 14.1 Å². The van der Waals surface area contributed by atoms with Crippen molar-refractivity contribution in [2.75, 3.05) is 0 Å². The molecule has 0 aromatic carbocycles. The molecule has 2 N–H and O–H groups in total. The average Bonchev–Trinajstić information content (AvgIpc) is 2.85. The van der Waals surface area contributed by atoms with E-state index in [0.717, 1.165) is 18.7 Å². The maximum Gasteiger partial charge on any atom is 0.0656 e. The molecule has 2 aromatic rings. The first-order valence-electron chi connectivity index (χ1n) is 5.63. The van der Waals surface area contributed by atoms with Crippen molar-refractivity contribution in [1.82, 2.24) is 9.78 Å². The lowest BCUT2D eigenvalue weighted by Gasteiger charge is -2.10. The maximum absolute atomic E-state index is 6.24. The molecule has 0 aliphatic heterocycles. The van der Waals surface area contributed by atoms with Gasteiger partial charge in [0.2, 0.25) is 0 Å². The van der Waals surface area contributed by atoms with E-state index < -0.39 is 0 Å². The highest BCUT2D eigenvalue weighted by atomic mass is 127. The number of aromatic nitrogens is 2. The standard InChI is InChI=1S/C12H16IN3S/c1-3-16-10(4-8(2)15-16)6-11(14)9-5-12(13)17-7-9/h4-5,7,11H,3,6,14H2,1-2H3. The van der Waals surface area contributed by atoms with Gasteiger partial charge in [-0.25, -0.2) is 0 Å². The Labute approximate surface area is 119 Å². The van der Waals surface area contributed by atoms with E-state index in [0.29, 0.717) is 0 Å². The highest BCUT2D eigenvalue weighted by Crippen LogP contribution is 2.23. The normalized spacial score (nSPS) is 12.9. The third kappa shape index (κ3) is 3.08. The molecule has 2 heterocycles. The van der Waals surface area contributed by atoms with Crippen LogP contribution >= 0.6 is 33.9 Å². The van der Waals surface area contributed by atoms with Gasteiger partial charge in [-0.2, -0.15) is 5.10 Å². The number of nitrogens with zero attached hydrogens (tertiary/aromatic N) is 2. The Morgan fingerprint density at radius 3 is 2.88 bits per heavy atom. The molecule has 0 saturated heterocycles. The molecule has 1 atom stereocenters. The van der Waals surface area contributed by atoms with Gasteiger partial charge in [0.1, 0.15) is 0 Å². The Balaban J connectivity index is 2.14. The molecule has 2 rings (SSSR count). The first kappa shape index (κ1) is 13.0. The van der Waals surface area contributed by atoms with E-state index in [1.807, 2.05) is 11.6 Å². The van der Waals surface area contributed by atoms with E-state index in [2.05, 4.69) is 52.1 Å². The lowest BCUT2D eigenvalue weighted by Crippen LogP contribution is -2.15. The topological polar surface area (TPSA) is 43.8 Å². The number of halogens is 1. The Bertz CT molecular complexity index is 504. The van der Waals surface area contributed by atoms with Crippen LogP contribution in [0.5, 0.6) is 0 Å². The van der Waals surface area contributed by atoms with Gasteiger partial charge in [0.15, 0.2) is 0 Å². The molecule has 0 aliphatic rings. The van der Waals surface area contributed by atoms with E-state index in [1.54, 1.807) is 11.3 Å². The first-order valence-corrected chi connectivity index (χ1v) is 7.58. The maximum atomic E-state index is 6.24. The quantitative estimate of drug-likeness (QED) is 0.851. The van der Waals surface area contributed by atoms with Crippen LogP contribution in [0.4, 0.5) is 0 Å². The summed E-state index contributed by atoms with van der Waals surface area (Å²) in [5.74, 6) is 0. The van der Waals surface area contributed by atoms with Crippen molar-refractivity contribution in [1.29, 1.82) is 0 Å². The van der Waals surface area contributed by atoms with E-state index in [9.17, 15) is 0 Å². The molecule has 0 fully saturated rings. The lowest BCUT2D eigenvalue weighted by molar-refractivity contribution is 0.588. The smallest absolute Gasteiger partial charge is 0.0656 e. The van der Waals surface area contributed by atoms with Crippen LogP contribution in [-0.4, -0.2) is 9.78 Å². The largest absolute Gasteiger partial charge is 0.324 e. The zero-order valence-electron chi connectivity index (χ0n) is 9.98. The molecule has 17 heavy (non-hydrogen) atoms. The van der Waals surface area contributed by atoms with Crippen LogP contribution in [-0.2, 0) is 13.0 Å². The second kappa shape index (κ2) is 5.49. The summed E-state index contributed by atoms with van der Waals surface area (Å²) in [5.41, 5.74) is 9.74. The average molecular weight is 361 g/mol. The van der Waals surface area contributed by atoms with Crippen LogP contribution in [0, 0.1) is 9.81 Å². The van der Waals surface area contributed by atoms with Crippen molar-refractivity contribution in [2.45, 2.75) is 32.9 Å². The Hall–Kier alpha value is -0.400. The Morgan fingerprint density at radius 1 is 1.53 bits per heavy atom. The van der Waals surface area contributed by atoms with Crippen LogP contribution in [0.25, 0.3) is 0 Å². The second-order valence-electron chi connectivity index (χ2n) is 4.09. The van der Waals surface area contributed by atoms with Gasteiger partial charge >= 0.3 is 0 Å². The minimum Gasteiger partial charge on any atom is -0.324 e. The predicted molar refractivity (Wildman–Crippen MR) is 80.3 cm³/mol. The summed E-state index contributed by atoms with van der Waals surface area (Å²) in [6.45, 7) is 5.03. The van der Waals surface area contributed by atoms with Gasteiger partial charge in [-0.15, -0.1) is 11.3 Å². The minimum atomic E-state index is 0.0659. The molecule has 5 heteroatoms. The zero-order valence-corrected chi connectivity index (χ0v) is 13.0. The summed E-state index contributed by atoms with van der Waals surface area (Å²) < 4.78 is 3.32. The minimum absolute atomic E-state index is 0.0659. The molecule has 2 aromatic heterocycles. The zero-order chi connectivity index (χ0) is 12.4. The summed E-state index contributed by atoms with van der Waals surface area (Å²) >= 11 is 4.07. The van der Waals surface area contributed by atoms with E-state index >= 15 is 0 Å². The molecule has 92 valence electrons. The highest BCUT2D eigenvalue weighted by molar-refractivity contribution is 14.1. The second-order valence-corrected chi connectivity index (χ2v) is 6.89. The highest BCUT2D eigenvalue weighted by Gasteiger charge is 2.12. The molecule has 0 bridgehead atoms. The van der Waals surface area contributed by atoms with Crippen molar-refractivity contribution >= 4 is 33.9 Å². The fourth-order valence-electron chi connectivity index (χ4n) is 1.90. The molecular formula is C12H16IN3S. The third-order valence-corrected chi connectivity index (χ3v) is 4.54. The van der Waals surface area contributed by atoms with Gasteiger partial charge in [-0.05, 0) is 59.5 Å². The molecule has 0 spiro atoms. The fraction of sp³-hybridized carbons (Fsp3) is 0.417. The van der Waals surface area contributed by atoms with Crippen LogP contribution in [0.2, 0.25) is 0 Å². The summed E-state index contributed by atoms with van der Waals surface area (Å²) in [6.07, 6.45) is 0.849. The van der Waals surface area contributed by atoms with Gasteiger partial charge in [0.25, 0.3) is 0 Å². The molecule has 0 aliphatic carbocycles. The van der Waals surface area contributed by atoms with Gasteiger partial charge in [0.05, 0.1) is 8.58 Å². The van der Waals surface area contributed by atoms with Crippen molar-refractivity contribution < 1.29 is 0 Å². The number of rotatable bonds is 4. The van der Waals surface area contributed by atoms with Gasteiger partial charge in [-0.1, -0.05) is 0 Å². The molecule has 0 radical (unpaired) electrons. The van der Waals surface area contributed by atoms with Gasteiger partial charge in [0, 0.05) is 24.7 Å². The SMILES string of the molecule is CCn1nc(C)cc1CC(N)c1csc(I)c1. The summed E-state index contributed by atoms with van der Waals surface area (Å²) in [4.78, 5) is 0. The number of hydrogen-bond acceptors (Lipinski definition) is 3. The van der Waals surface area contributed by atoms with Crippen molar-refractivity contribution in [3.05, 3.63) is 37.3 Å². The van der Waals surface area contributed by atoms with Crippen molar-refractivity contribution in [2.24, 2.45) is 5.73 Å². The van der Waals surface area contributed by atoms with Gasteiger partial charge < -0.3 is 5.73 Å². The van der Waals surface area contributed by atoms with Gasteiger partial charge in [-0.3, -0.25) is 4.68 Å². The summed E-state index contributed by atoms with van der Waals surface area (Å²) in [5, 5.41) is 6.59. The molecule has 1 unspecified atom stereocenters. The third-order valence-electron chi connectivity index (χ3n) is 2.73. The van der Waals surface area contributed by atoms with E-state index in [-0.39, 0.29) is 6.04 Å². The molecule has 0 saturated carbocycles. The Morgan fingerprint density at radius 2 is 2.29 bits per heavy atom. The van der Waals surface area contributed by atoms with Crippen LogP contribution in [0.1, 0.15) is 29.9 Å². The lowest BCUT2D eigenvalue weighted by atomic mass is 10.1. The summed E-state index contributed by atoms with van der Waals surface area (Å²) in [7, 11) is 0. The summed E-state index contributed by atoms with van der Waals surface area (Å²) in [6, 6.07) is 4.35. The first-order chi connectivity index (χ1) is 8.10. The van der Waals surface area contributed by atoms with Crippen molar-refractivity contribution in [3.63, 3.8) is 0 Å². The predicted octanol–water partition coefficient (Wildman–Crippen LogP) is 3.12. The fourth-order valence-corrected chi connectivity index (χ4v) is 3.33. The number of thiophene rings is 1. The van der Waals surface area contributed by atoms with Crippen LogP contribution in [0.15, 0.2) is 17.5 Å². The van der Waals surface area contributed by atoms with Crippen molar-refractivity contribution in [3.8, 4) is 0 Å². The molecule has 0 amide bonds. The Kier molecular flexibility index (Phi) is 4.22. The van der Waals surface area contributed by atoms with Crippen LogP contribution < -0.4 is 5.73 Å².